The van der Waals surface area contributed by atoms with Crippen LogP contribution in [0, 0.1) is 11.7 Å². The van der Waals surface area contributed by atoms with Crippen molar-refractivity contribution in [3.63, 3.8) is 0 Å². The normalized spacial score (nSPS) is 22.0. The van der Waals surface area contributed by atoms with Gasteiger partial charge in [-0.1, -0.05) is 31.4 Å². The number of ether oxygens (including phenoxy) is 1. The maximum absolute atomic E-state index is 13.6. The third kappa shape index (κ3) is 4.68. The Morgan fingerprint density at radius 1 is 1.43 bits per heavy atom. The third-order valence-electron chi connectivity index (χ3n) is 3.93. The van der Waals surface area contributed by atoms with Crippen LogP contribution in [0.4, 0.5) is 4.39 Å². The Morgan fingerprint density at radius 2 is 2.19 bits per heavy atom. The lowest BCUT2D eigenvalue weighted by atomic mass is 9.88. The highest BCUT2D eigenvalue weighted by molar-refractivity contribution is 6.30. The molecule has 0 bridgehead atoms. The van der Waals surface area contributed by atoms with Crippen molar-refractivity contribution >= 4 is 17.5 Å². The van der Waals surface area contributed by atoms with Crippen LogP contribution in [-0.4, -0.2) is 25.2 Å². The monoisotopic (exact) mass is 313 g/mol. The van der Waals surface area contributed by atoms with Gasteiger partial charge in [0, 0.05) is 11.6 Å². The van der Waals surface area contributed by atoms with Crippen LogP contribution in [0.25, 0.3) is 0 Å². The Morgan fingerprint density at radius 3 is 2.90 bits per heavy atom. The Labute approximate surface area is 129 Å². The summed E-state index contributed by atoms with van der Waals surface area (Å²) in [5.41, 5.74) is 0.00503. The van der Waals surface area contributed by atoms with Crippen molar-refractivity contribution in [3.05, 3.63) is 34.6 Å². The van der Waals surface area contributed by atoms with Gasteiger partial charge in [-0.05, 0) is 37.0 Å². The average molecular weight is 314 g/mol. The molecule has 1 amide bonds. The molecule has 1 aliphatic rings. The molecule has 1 N–H and O–H groups in total. The van der Waals surface area contributed by atoms with Crippen LogP contribution in [-0.2, 0) is 4.74 Å². The van der Waals surface area contributed by atoms with Gasteiger partial charge in [0.1, 0.15) is 5.82 Å². The summed E-state index contributed by atoms with van der Waals surface area (Å²) < 4.78 is 19.4. The van der Waals surface area contributed by atoms with Crippen molar-refractivity contribution < 1.29 is 13.9 Å². The zero-order valence-corrected chi connectivity index (χ0v) is 13.0. The number of benzene rings is 1. The fraction of sp³-hybridized carbons (Fsp3) is 0.562. The molecule has 0 aromatic heterocycles. The summed E-state index contributed by atoms with van der Waals surface area (Å²) in [5, 5.41) is 2.94. The second-order valence-corrected chi connectivity index (χ2v) is 5.99. The molecule has 0 heterocycles. The molecule has 0 saturated heterocycles. The Bertz CT molecular complexity index is 495. The number of hydrogen-bond acceptors (Lipinski definition) is 2. The van der Waals surface area contributed by atoms with Gasteiger partial charge in [-0.25, -0.2) is 4.39 Å². The molecular formula is C16H21ClFNO2. The number of amides is 1. The Balaban J connectivity index is 1.74. The predicted molar refractivity (Wildman–Crippen MR) is 81.1 cm³/mol. The van der Waals surface area contributed by atoms with E-state index < -0.39 is 11.7 Å². The van der Waals surface area contributed by atoms with E-state index in [9.17, 15) is 9.18 Å². The number of hydrogen-bond donors (Lipinski definition) is 1. The molecular weight excluding hydrogens is 293 g/mol. The Hall–Kier alpha value is -1.13. The summed E-state index contributed by atoms with van der Waals surface area (Å²) in [6.45, 7) is 3.03. The second-order valence-electron chi connectivity index (χ2n) is 5.55. The summed E-state index contributed by atoms with van der Waals surface area (Å²) in [6.07, 6.45) is 5.04. The van der Waals surface area contributed by atoms with Crippen molar-refractivity contribution in [2.75, 3.05) is 13.2 Å². The van der Waals surface area contributed by atoms with Gasteiger partial charge < -0.3 is 10.1 Å². The molecule has 1 aliphatic carbocycles. The molecule has 0 aliphatic heterocycles. The lowest BCUT2D eigenvalue weighted by molar-refractivity contribution is -0.00295. The van der Waals surface area contributed by atoms with Crippen molar-refractivity contribution in [1.82, 2.24) is 5.32 Å². The van der Waals surface area contributed by atoms with Crippen molar-refractivity contribution in [2.45, 2.75) is 38.7 Å². The molecule has 5 heteroatoms. The zero-order chi connectivity index (χ0) is 15.2. The highest BCUT2D eigenvalue weighted by Crippen LogP contribution is 2.26. The Kier molecular flexibility index (Phi) is 6.00. The summed E-state index contributed by atoms with van der Waals surface area (Å²) in [5.74, 6) is -0.477. The molecule has 3 nitrogen and oxygen atoms in total. The van der Waals surface area contributed by atoms with Crippen molar-refractivity contribution in [3.8, 4) is 0 Å². The fourth-order valence-corrected chi connectivity index (χ4v) is 2.83. The SMILES string of the molecule is C[C@H]1CCCC[C@H]1OCCNC(=O)c1ccc(Cl)cc1F. The first kappa shape index (κ1) is 16.2. The number of rotatable bonds is 5. The molecule has 1 fully saturated rings. The molecule has 2 atom stereocenters. The first-order chi connectivity index (χ1) is 10.1. The van der Waals surface area contributed by atoms with E-state index in [0.717, 1.165) is 12.5 Å². The van der Waals surface area contributed by atoms with Gasteiger partial charge in [-0.3, -0.25) is 4.79 Å². The van der Waals surface area contributed by atoms with Crippen LogP contribution < -0.4 is 5.32 Å². The smallest absolute Gasteiger partial charge is 0.254 e. The van der Waals surface area contributed by atoms with Gasteiger partial charge in [-0.2, -0.15) is 0 Å². The van der Waals surface area contributed by atoms with Gasteiger partial charge in [0.05, 0.1) is 18.3 Å². The quantitative estimate of drug-likeness (QED) is 0.840. The van der Waals surface area contributed by atoms with Crippen LogP contribution >= 0.6 is 11.6 Å². The van der Waals surface area contributed by atoms with Crippen molar-refractivity contribution in [2.24, 2.45) is 5.92 Å². The largest absolute Gasteiger partial charge is 0.376 e. The van der Waals surface area contributed by atoms with Crippen LogP contribution in [0.1, 0.15) is 43.0 Å². The van der Waals surface area contributed by atoms with Crippen LogP contribution in [0.3, 0.4) is 0 Å². The predicted octanol–water partition coefficient (Wildman–Crippen LogP) is 3.80. The third-order valence-corrected chi connectivity index (χ3v) is 4.16. The van der Waals surface area contributed by atoms with Gasteiger partial charge in [0.15, 0.2) is 0 Å². The summed E-state index contributed by atoms with van der Waals surface area (Å²) in [4.78, 5) is 11.8. The maximum Gasteiger partial charge on any atom is 0.254 e. The molecule has 0 unspecified atom stereocenters. The molecule has 1 aromatic carbocycles. The first-order valence-electron chi connectivity index (χ1n) is 7.43. The van der Waals surface area contributed by atoms with E-state index in [1.807, 2.05) is 0 Å². The molecule has 2 rings (SSSR count). The molecule has 0 radical (unpaired) electrons. The zero-order valence-electron chi connectivity index (χ0n) is 12.2. The van der Waals surface area contributed by atoms with E-state index in [1.54, 1.807) is 0 Å². The molecule has 116 valence electrons. The maximum atomic E-state index is 13.6. The summed E-state index contributed by atoms with van der Waals surface area (Å²) in [7, 11) is 0. The highest BCUT2D eigenvalue weighted by atomic mass is 35.5. The van der Waals surface area contributed by atoms with Gasteiger partial charge in [-0.15, -0.1) is 0 Å². The van der Waals surface area contributed by atoms with E-state index in [0.29, 0.717) is 19.1 Å². The molecule has 1 saturated carbocycles. The van der Waals surface area contributed by atoms with Gasteiger partial charge in [0.2, 0.25) is 0 Å². The minimum absolute atomic E-state index is 0.00503. The minimum Gasteiger partial charge on any atom is -0.376 e. The summed E-state index contributed by atoms with van der Waals surface area (Å²) in [6, 6.07) is 4.02. The van der Waals surface area contributed by atoms with E-state index >= 15 is 0 Å². The van der Waals surface area contributed by atoms with E-state index in [4.69, 9.17) is 16.3 Å². The summed E-state index contributed by atoms with van der Waals surface area (Å²) >= 11 is 5.66. The molecule has 21 heavy (non-hydrogen) atoms. The highest BCUT2D eigenvalue weighted by Gasteiger charge is 2.21. The van der Waals surface area contributed by atoms with Crippen LogP contribution in [0.2, 0.25) is 5.02 Å². The fourth-order valence-electron chi connectivity index (χ4n) is 2.67. The average Bonchev–Trinajstić information content (AvgIpc) is 2.45. The first-order valence-corrected chi connectivity index (χ1v) is 7.80. The second kappa shape index (κ2) is 7.76. The molecule has 0 spiro atoms. The lowest BCUT2D eigenvalue weighted by Crippen LogP contribution is -2.32. The topological polar surface area (TPSA) is 38.3 Å². The molecule has 1 aromatic rings. The number of carbonyl (C=O) groups is 1. The van der Waals surface area contributed by atoms with Gasteiger partial charge >= 0.3 is 0 Å². The van der Waals surface area contributed by atoms with E-state index in [2.05, 4.69) is 12.2 Å². The standard InChI is InChI=1S/C16H21ClFNO2/c1-11-4-2-3-5-15(11)21-9-8-19-16(20)13-7-6-12(17)10-14(13)18/h6-7,10-11,15H,2-5,8-9H2,1H3,(H,19,20)/t11-,15+/m0/s1. The van der Waals surface area contributed by atoms with Crippen LogP contribution in [0.15, 0.2) is 18.2 Å². The number of nitrogens with one attached hydrogen (secondary N) is 1. The van der Waals surface area contributed by atoms with Gasteiger partial charge in [0.25, 0.3) is 5.91 Å². The van der Waals surface area contributed by atoms with E-state index in [1.165, 1.54) is 31.4 Å². The van der Waals surface area contributed by atoms with E-state index in [-0.39, 0.29) is 16.7 Å². The van der Waals surface area contributed by atoms with Crippen LogP contribution in [0.5, 0.6) is 0 Å². The number of halogens is 2. The lowest BCUT2D eigenvalue weighted by Gasteiger charge is -2.28. The van der Waals surface area contributed by atoms with Crippen molar-refractivity contribution in [1.29, 1.82) is 0 Å². The minimum atomic E-state index is -0.609. The number of carbonyl (C=O) groups excluding carboxylic acids is 1.